The number of unbranched alkanes of at least 4 members (excludes halogenated alkanes) is 1. The first-order chi connectivity index (χ1) is 15.8. The van der Waals surface area contributed by atoms with E-state index in [0.29, 0.717) is 18.8 Å². The lowest BCUT2D eigenvalue weighted by molar-refractivity contribution is -0.135. The van der Waals surface area contributed by atoms with Gasteiger partial charge in [-0.3, -0.25) is 4.79 Å². The molecule has 1 aliphatic rings. The molecule has 0 bridgehead atoms. The van der Waals surface area contributed by atoms with E-state index in [9.17, 15) is 9.90 Å². The summed E-state index contributed by atoms with van der Waals surface area (Å²) in [7, 11) is 1.62. The lowest BCUT2D eigenvalue weighted by atomic mass is 9.76. The Kier molecular flexibility index (Phi) is 10.6. The van der Waals surface area contributed by atoms with Crippen LogP contribution < -0.4 is 0 Å². The van der Waals surface area contributed by atoms with Crippen LogP contribution in [0.1, 0.15) is 77.7 Å². The van der Waals surface area contributed by atoms with Gasteiger partial charge in [0.15, 0.2) is 8.32 Å². The first-order valence-corrected chi connectivity index (χ1v) is 16.0. The number of carbonyl (C=O) groups is 1. The van der Waals surface area contributed by atoms with Crippen molar-refractivity contribution >= 4 is 14.2 Å². The number of hydrogen-bond donors (Lipinski definition) is 1. The number of aliphatic hydroxyl groups is 1. The van der Waals surface area contributed by atoms with Crippen molar-refractivity contribution in [1.29, 1.82) is 0 Å². The van der Waals surface area contributed by atoms with Crippen LogP contribution in [0.5, 0.6) is 0 Å². The Morgan fingerprint density at radius 2 is 1.91 bits per heavy atom. The number of allylic oxidation sites excluding steroid dienone is 1. The molecule has 1 aromatic rings. The fraction of sp³-hybridized carbons (Fsp3) is 0.690. The van der Waals surface area contributed by atoms with Gasteiger partial charge in [0, 0.05) is 14.1 Å². The van der Waals surface area contributed by atoms with Gasteiger partial charge in [-0.05, 0) is 74.6 Å². The maximum Gasteiger partial charge on any atom is 0.224 e. The zero-order valence-corrected chi connectivity index (χ0v) is 23.8. The van der Waals surface area contributed by atoms with Gasteiger partial charge in [-0.1, -0.05) is 69.7 Å². The highest BCUT2D eigenvalue weighted by Gasteiger charge is 2.39. The lowest BCUT2D eigenvalue weighted by Gasteiger charge is -2.39. The highest BCUT2D eigenvalue weighted by atomic mass is 28.4. The molecule has 0 spiro atoms. The van der Waals surface area contributed by atoms with E-state index in [2.05, 4.69) is 76.3 Å². The molecule has 2 rings (SSSR count). The zero-order valence-electron chi connectivity index (χ0n) is 22.8. The Balaban J connectivity index is 2.01. The van der Waals surface area contributed by atoms with E-state index < -0.39 is 13.9 Å². The Morgan fingerprint density at radius 1 is 1.24 bits per heavy atom. The van der Waals surface area contributed by atoms with Crippen LogP contribution in [0, 0.1) is 5.92 Å². The second-order valence-corrected chi connectivity index (χ2v) is 16.8. The Bertz CT molecular complexity index is 784. The summed E-state index contributed by atoms with van der Waals surface area (Å²) in [6.07, 6.45) is 12.7. The van der Waals surface area contributed by atoms with Gasteiger partial charge in [0.05, 0.1) is 18.1 Å². The maximum absolute atomic E-state index is 12.2. The highest BCUT2D eigenvalue weighted by molar-refractivity contribution is 6.74. The number of aryl methyl sites for hydroxylation is 1. The largest absolute Gasteiger partial charge is 0.411 e. The van der Waals surface area contributed by atoms with Gasteiger partial charge in [0.2, 0.25) is 5.91 Å². The first-order valence-electron chi connectivity index (χ1n) is 13.1. The van der Waals surface area contributed by atoms with Crippen LogP contribution in [-0.4, -0.2) is 50.0 Å². The number of benzene rings is 1. The van der Waals surface area contributed by atoms with Gasteiger partial charge in [-0.25, -0.2) is 0 Å². The van der Waals surface area contributed by atoms with Gasteiger partial charge >= 0.3 is 0 Å². The fourth-order valence-corrected chi connectivity index (χ4v) is 5.81. The molecule has 0 aliphatic heterocycles. The predicted molar refractivity (Wildman–Crippen MR) is 145 cm³/mol. The second kappa shape index (κ2) is 12.5. The maximum atomic E-state index is 12.2. The fourth-order valence-electron chi connectivity index (χ4n) is 4.50. The molecule has 3 atom stereocenters. The third kappa shape index (κ3) is 9.31. The standard InChI is InChI=1S/C29H49NO3Si/c1-28(2,3)34(6,7)33-26(18-12-11-16-24-14-9-8-10-15-24)20-19-25-17-13-21-29(32,22-25)23-27(31)30(4)5/h8-10,14-15,19-20,25-26,32H,11-13,16-18,21-23H2,1-7H3/b20-19+/t25-,26?,29+/m1/s1. The van der Waals surface area contributed by atoms with E-state index >= 15 is 0 Å². The minimum atomic E-state index is -1.89. The van der Waals surface area contributed by atoms with Crippen molar-refractivity contribution in [3.63, 3.8) is 0 Å². The molecule has 34 heavy (non-hydrogen) atoms. The van der Waals surface area contributed by atoms with Gasteiger partial charge in [-0.2, -0.15) is 0 Å². The normalized spacial score (nSPS) is 22.6. The van der Waals surface area contributed by atoms with Crippen molar-refractivity contribution in [2.75, 3.05) is 14.1 Å². The smallest absolute Gasteiger partial charge is 0.224 e. The SMILES string of the molecule is CN(C)C(=O)C[C@]1(O)CCC[C@H](/C=C/C(CCCCc2ccccc2)O[Si](C)(C)C(C)(C)C)C1. The summed E-state index contributed by atoms with van der Waals surface area (Å²) in [4.78, 5) is 13.8. The van der Waals surface area contributed by atoms with Crippen LogP contribution in [0.3, 0.4) is 0 Å². The number of carbonyl (C=O) groups excluding carboxylic acids is 1. The molecule has 1 aliphatic carbocycles. The van der Waals surface area contributed by atoms with E-state index in [1.165, 1.54) is 5.56 Å². The molecular formula is C29H49NO3Si. The average Bonchev–Trinajstić information content (AvgIpc) is 2.74. The molecule has 1 saturated carbocycles. The third-order valence-corrected chi connectivity index (χ3v) is 12.2. The van der Waals surface area contributed by atoms with Crippen molar-refractivity contribution in [3.8, 4) is 0 Å². The van der Waals surface area contributed by atoms with E-state index in [0.717, 1.165) is 38.5 Å². The molecule has 1 amide bonds. The van der Waals surface area contributed by atoms with E-state index in [-0.39, 0.29) is 23.5 Å². The minimum Gasteiger partial charge on any atom is -0.411 e. The van der Waals surface area contributed by atoms with Crippen molar-refractivity contribution < 1.29 is 14.3 Å². The molecule has 0 saturated heterocycles. The molecule has 0 aromatic heterocycles. The number of amides is 1. The highest BCUT2D eigenvalue weighted by Crippen LogP contribution is 2.39. The van der Waals surface area contributed by atoms with E-state index in [1.807, 2.05) is 0 Å². The summed E-state index contributed by atoms with van der Waals surface area (Å²) >= 11 is 0. The Hall–Kier alpha value is -1.43. The quantitative estimate of drug-likeness (QED) is 0.213. The predicted octanol–water partition coefficient (Wildman–Crippen LogP) is 6.75. The van der Waals surface area contributed by atoms with Crippen molar-refractivity contribution in [2.24, 2.45) is 5.92 Å². The van der Waals surface area contributed by atoms with Gasteiger partial charge < -0.3 is 14.4 Å². The van der Waals surface area contributed by atoms with Crippen LogP contribution in [0.4, 0.5) is 0 Å². The van der Waals surface area contributed by atoms with Crippen LogP contribution in [-0.2, 0) is 15.6 Å². The van der Waals surface area contributed by atoms with Crippen LogP contribution in [0.2, 0.25) is 18.1 Å². The molecule has 1 N–H and O–H groups in total. The molecule has 0 radical (unpaired) electrons. The summed E-state index contributed by atoms with van der Waals surface area (Å²) < 4.78 is 6.82. The van der Waals surface area contributed by atoms with Gasteiger partial charge in [0.25, 0.3) is 0 Å². The minimum absolute atomic E-state index is 0.00434. The summed E-state index contributed by atoms with van der Waals surface area (Å²) in [5.41, 5.74) is 0.508. The molecule has 5 heteroatoms. The van der Waals surface area contributed by atoms with Crippen molar-refractivity contribution in [1.82, 2.24) is 4.90 Å². The van der Waals surface area contributed by atoms with Gasteiger partial charge in [-0.15, -0.1) is 0 Å². The number of rotatable bonds is 11. The molecule has 0 heterocycles. The van der Waals surface area contributed by atoms with E-state index in [1.54, 1.807) is 19.0 Å². The van der Waals surface area contributed by atoms with Crippen LogP contribution >= 0.6 is 0 Å². The lowest BCUT2D eigenvalue weighted by Crippen LogP contribution is -2.43. The molecule has 192 valence electrons. The molecule has 1 unspecified atom stereocenters. The summed E-state index contributed by atoms with van der Waals surface area (Å²) in [5.74, 6) is 0.299. The molecule has 4 nitrogen and oxygen atoms in total. The monoisotopic (exact) mass is 487 g/mol. The molecule has 1 aromatic carbocycles. The Labute approximate surface area is 209 Å². The summed E-state index contributed by atoms with van der Waals surface area (Å²) in [5, 5.41) is 11.3. The molecule has 1 fully saturated rings. The van der Waals surface area contributed by atoms with Gasteiger partial charge in [0.1, 0.15) is 0 Å². The van der Waals surface area contributed by atoms with Crippen molar-refractivity contribution in [3.05, 3.63) is 48.0 Å². The topological polar surface area (TPSA) is 49.8 Å². The van der Waals surface area contributed by atoms with Crippen molar-refractivity contribution in [2.45, 2.75) is 108 Å². The van der Waals surface area contributed by atoms with E-state index in [4.69, 9.17) is 4.43 Å². The zero-order chi connectivity index (χ0) is 25.4. The third-order valence-electron chi connectivity index (χ3n) is 7.74. The first kappa shape index (κ1) is 28.8. The number of nitrogens with zero attached hydrogens (tertiary/aromatic N) is 1. The number of hydrogen-bond acceptors (Lipinski definition) is 3. The van der Waals surface area contributed by atoms with Crippen LogP contribution in [0.15, 0.2) is 42.5 Å². The molecular weight excluding hydrogens is 438 g/mol. The summed E-state index contributed by atoms with van der Waals surface area (Å²) in [6, 6.07) is 10.7. The second-order valence-electron chi connectivity index (χ2n) is 12.1. The summed E-state index contributed by atoms with van der Waals surface area (Å²) in [6.45, 7) is 11.5. The average molecular weight is 488 g/mol. The van der Waals surface area contributed by atoms with Crippen LogP contribution in [0.25, 0.3) is 0 Å². The Morgan fingerprint density at radius 3 is 2.53 bits per heavy atom.